The van der Waals surface area contributed by atoms with Crippen LogP contribution in [0.15, 0.2) is 18.5 Å². The molecule has 90 valence electrons. The molecule has 0 spiro atoms. The Kier molecular flexibility index (Phi) is 7.18. The van der Waals surface area contributed by atoms with Crippen molar-refractivity contribution in [3.05, 3.63) is 24.0 Å². The van der Waals surface area contributed by atoms with Gasteiger partial charge in [0.25, 0.3) is 0 Å². The highest BCUT2D eigenvalue weighted by Gasteiger charge is 2.03. The van der Waals surface area contributed by atoms with Gasteiger partial charge in [0.1, 0.15) is 5.52 Å². The fourth-order valence-electron chi connectivity index (χ4n) is 1.46. The Morgan fingerprint density at radius 1 is 1.19 bits per heavy atom. The van der Waals surface area contributed by atoms with Crippen LogP contribution in [0.4, 0.5) is 0 Å². The van der Waals surface area contributed by atoms with E-state index in [9.17, 15) is 0 Å². The van der Waals surface area contributed by atoms with Gasteiger partial charge in [0.2, 0.25) is 0 Å². The maximum Gasteiger partial charge on any atom is 0.114 e. The third-order valence-corrected chi connectivity index (χ3v) is 2.07. The summed E-state index contributed by atoms with van der Waals surface area (Å²) in [7, 11) is 0. The van der Waals surface area contributed by atoms with Crippen molar-refractivity contribution in [3.8, 4) is 0 Å². The highest BCUT2D eigenvalue weighted by molar-refractivity contribution is 5.78. The molecule has 0 unspecified atom stereocenters. The Hall–Kier alpha value is -1.38. The highest BCUT2D eigenvalue weighted by atomic mass is 15.1. The first-order chi connectivity index (χ1) is 7.83. The van der Waals surface area contributed by atoms with E-state index in [0.29, 0.717) is 0 Å². The first kappa shape index (κ1) is 14.6. The van der Waals surface area contributed by atoms with Crippen molar-refractivity contribution in [3.63, 3.8) is 0 Å². The predicted octanol–water partition coefficient (Wildman–Crippen LogP) is 3.81. The molecule has 0 N–H and O–H groups in total. The SMILES string of the molecule is CC.CC.CCn1cc(C)c2nnccc21. The zero-order chi connectivity index (χ0) is 12.6. The van der Waals surface area contributed by atoms with E-state index < -0.39 is 0 Å². The largest absolute Gasteiger partial charge is 0.346 e. The average Bonchev–Trinajstić information content (AvgIpc) is 2.72. The van der Waals surface area contributed by atoms with E-state index in [1.165, 1.54) is 11.1 Å². The molecule has 3 heteroatoms. The zero-order valence-electron chi connectivity index (χ0n) is 11.3. The Labute approximate surface area is 98.5 Å². The van der Waals surface area contributed by atoms with Gasteiger partial charge in [0.05, 0.1) is 11.7 Å². The second-order valence-corrected chi connectivity index (χ2v) is 2.86. The Bertz CT molecular complexity index is 404. The second-order valence-electron chi connectivity index (χ2n) is 2.86. The van der Waals surface area contributed by atoms with E-state index in [-0.39, 0.29) is 0 Å². The molecule has 2 rings (SSSR count). The van der Waals surface area contributed by atoms with Gasteiger partial charge in [0, 0.05) is 12.7 Å². The van der Waals surface area contributed by atoms with Crippen LogP contribution in [0.2, 0.25) is 0 Å². The Balaban J connectivity index is 0.000000509. The molecule has 0 aliphatic heterocycles. The number of rotatable bonds is 1. The summed E-state index contributed by atoms with van der Waals surface area (Å²) in [6.45, 7) is 13.2. The minimum absolute atomic E-state index is 0.982. The molecule has 0 aliphatic rings. The normalized spacial score (nSPS) is 8.88. The molecule has 0 saturated heterocycles. The molecule has 16 heavy (non-hydrogen) atoms. The summed E-state index contributed by atoms with van der Waals surface area (Å²) >= 11 is 0. The van der Waals surface area contributed by atoms with Crippen molar-refractivity contribution in [1.82, 2.24) is 14.8 Å². The van der Waals surface area contributed by atoms with Gasteiger partial charge in [-0.2, -0.15) is 5.10 Å². The van der Waals surface area contributed by atoms with Crippen molar-refractivity contribution in [2.24, 2.45) is 0 Å². The number of nitrogens with zero attached hydrogens (tertiary/aromatic N) is 3. The van der Waals surface area contributed by atoms with Gasteiger partial charge in [-0.25, -0.2) is 0 Å². The van der Waals surface area contributed by atoms with E-state index >= 15 is 0 Å². The summed E-state index contributed by atoms with van der Waals surface area (Å²) in [4.78, 5) is 0. The van der Waals surface area contributed by atoms with Crippen LogP contribution in [0.25, 0.3) is 11.0 Å². The fraction of sp³-hybridized carbons (Fsp3) is 0.538. The van der Waals surface area contributed by atoms with Crippen molar-refractivity contribution < 1.29 is 0 Å². The molecule has 2 heterocycles. The van der Waals surface area contributed by atoms with Gasteiger partial charge in [0.15, 0.2) is 0 Å². The molecule has 0 fully saturated rings. The lowest BCUT2D eigenvalue weighted by molar-refractivity contribution is 0.794. The number of fused-ring (bicyclic) bond motifs is 1. The van der Waals surface area contributed by atoms with E-state index in [2.05, 4.69) is 34.8 Å². The number of hydrogen-bond donors (Lipinski definition) is 0. The van der Waals surface area contributed by atoms with E-state index in [4.69, 9.17) is 0 Å². The Morgan fingerprint density at radius 2 is 1.81 bits per heavy atom. The lowest BCUT2D eigenvalue weighted by atomic mass is 10.3. The lowest BCUT2D eigenvalue weighted by Gasteiger charge is -1.96. The van der Waals surface area contributed by atoms with E-state index in [0.717, 1.165) is 12.1 Å². The summed E-state index contributed by atoms with van der Waals surface area (Å²) in [5.74, 6) is 0. The maximum atomic E-state index is 4.08. The lowest BCUT2D eigenvalue weighted by Crippen LogP contribution is -1.90. The van der Waals surface area contributed by atoms with Crippen LogP contribution in [-0.2, 0) is 6.54 Å². The summed E-state index contributed by atoms with van der Waals surface area (Å²) in [5.41, 5.74) is 3.38. The van der Waals surface area contributed by atoms with Gasteiger partial charge in [-0.15, -0.1) is 5.10 Å². The van der Waals surface area contributed by atoms with Crippen LogP contribution in [0.5, 0.6) is 0 Å². The summed E-state index contributed by atoms with van der Waals surface area (Å²) in [6, 6.07) is 2.00. The van der Waals surface area contributed by atoms with Gasteiger partial charge >= 0.3 is 0 Å². The molecule has 0 aliphatic carbocycles. The van der Waals surface area contributed by atoms with Crippen LogP contribution in [0.3, 0.4) is 0 Å². The summed E-state index contributed by atoms with van der Waals surface area (Å²) in [6.07, 6.45) is 3.84. The standard InChI is InChI=1S/C9H11N3.2C2H6/c1-3-12-6-7(2)9-8(12)4-5-10-11-9;2*1-2/h4-6H,3H2,1-2H3;2*1-2H3. The fourth-order valence-corrected chi connectivity index (χ4v) is 1.46. The van der Waals surface area contributed by atoms with Crippen LogP contribution in [-0.4, -0.2) is 14.8 Å². The van der Waals surface area contributed by atoms with Crippen LogP contribution in [0.1, 0.15) is 40.2 Å². The zero-order valence-corrected chi connectivity index (χ0v) is 11.3. The molecule has 3 nitrogen and oxygen atoms in total. The van der Waals surface area contributed by atoms with Crippen LogP contribution >= 0.6 is 0 Å². The smallest absolute Gasteiger partial charge is 0.114 e. The monoisotopic (exact) mass is 221 g/mol. The molecule has 0 radical (unpaired) electrons. The maximum absolute atomic E-state index is 4.08. The Morgan fingerprint density at radius 3 is 2.38 bits per heavy atom. The quantitative estimate of drug-likeness (QED) is 0.733. The molecule has 2 aromatic rings. The molecule has 0 bridgehead atoms. The van der Waals surface area contributed by atoms with Crippen molar-refractivity contribution in [1.29, 1.82) is 0 Å². The van der Waals surface area contributed by atoms with Crippen molar-refractivity contribution in [2.45, 2.75) is 48.1 Å². The van der Waals surface area contributed by atoms with Crippen LogP contribution in [0, 0.1) is 6.92 Å². The second kappa shape index (κ2) is 7.85. The molecule has 0 aromatic carbocycles. The summed E-state index contributed by atoms with van der Waals surface area (Å²) in [5, 5.41) is 7.94. The minimum Gasteiger partial charge on any atom is -0.346 e. The number of hydrogen-bond acceptors (Lipinski definition) is 2. The number of aromatic nitrogens is 3. The minimum atomic E-state index is 0.982. The third-order valence-electron chi connectivity index (χ3n) is 2.07. The van der Waals surface area contributed by atoms with E-state index in [1.807, 2.05) is 33.8 Å². The molecular formula is C13H23N3. The van der Waals surface area contributed by atoms with Gasteiger partial charge in [-0.05, 0) is 25.5 Å². The molecular weight excluding hydrogens is 198 g/mol. The summed E-state index contributed by atoms with van der Waals surface area (Å²) < 4.78 is 2.18. The third kappa shape index (κ3) is 3.05. The molecule has 0 atom stereocenters. The first-order valence-corrected chi connectivity index (χ1v) is 6.10. The van der Waals surface area contributed by atoms with Crippen molar-refractivity contribution >= 4 is 11.0 Å². The van der Waals surface area contributed by atoms with Crippen molar-refractivity contribution in [2.75, 3.05) is 0 Å². The molecule has 0 saturated carbocycles. The van der Waals surface area contributed by atoms with Gasteiger partial charge < -0.3 is 4.57 Å². The average molecular weight is 221 g/mol. The van der Waals surface area contributed by atoms with Crippen LogP contribution < -0.4 is 0 Å². The van der Waals surface area contributed by atoms with Gasteiger partial charge in [-0.3, -0.25) is 0 Å². The topological polar surface area (TPSA) is 30.7 Å². The first-order valence-electron chi connectivity index (χ1n) is 6.10. The highest BCUT2D eigenvalue weighted by Crippen LogP contribution is 2.16. The number of aryl methyl sites for hydroxylation is 2. The van der Waals surface area contributed by atoms with E-state index in [1.54, 1.807) is 6.20 Å². The molecule has 2 aromatic heterocycles. The molecule has 0 amide bonds. The van der Waals surface area contributed by atoms with Gasteiger partial charge in [-0.1, -0.05) is 27.7 Å². The predicted molar refractivity (Wildman–Crippen MR) is 70.6 cm³/mol.